The van der Waals surface area contributed by atoms with E-state index < -0.39 is 0 Å². The highest BCUT2D eigenvalue weighted by Gasteiger charge is 2.22. The van der Waals surface area contributed by atoms with Crippen molar-refractivity contribution in [1.82, 2.24) is 9.97 Å². The van der Waals surface area contributed by atoms with Crippen molar-refractivity contribution in [2.45, 2.75) is 65.3 Å². The maximum atomic E-state index is 4.68. The zero-order valence-electron chi connectivity index (χ0n) is 15.4. The van der Waals surface area contributed by atoms with Gasteiger partial charge in [0.25, 0.3) is 0 Å². The molecule has 1 heterocycles. The number of hydrogen-bond donors (Lipinski definition) is 2. The fourth-order valence-corrected chi connectivity index (χ4v) is 2.93. The van der Waals surface area contributed by atoms with Crippen LogP contribution in [0, 0.1) is 6.92 Å². The summed E-state index contributed by atoms with van der Waals surface area (Å²) in [7, 11) is 0. The van der Waals surface area contributed by atoms with Crippen molar-refractivity contribution in [3.8, 4) is 0 Å². The Morgan fingerprint density at radius 1 is 1.00 bits per heavy atom. The van der Waals surface area contributed by atoms with Gasteiger partial charge in [-0.1, -0.05) is 45.9 Å². The molecule has 0 aliphatic heterocycles. The molecule has 2 N–H and O–H groups in total. The van der Waals surface area contributed by atoms with Crippen LogP contribution in [-0.4, -0.2) is 16.0 Å². The maximum Gasteiger partial charge on any atom is 0.225 e. The second-order valence-corrected chi connectivity index (χ2v) is 7.38. The van der Waals surface area contributed by atoms with Crippen molar-refractivity contribution in [3.63, 3.8) is 0 Å². The van der Waals surface area contributed by atoms with E-state index in [-0.39, 0.29) is 0 Å². The van der Waals surface area contributed by atoms with E-state index >= 15 is 0 Å². The largest absolute Gasteiger partial charge is 0.351 e. The minimum Gasteiger partial charge on any atom is -0.351 e. The molecule has 2 aromatic rings. The molecule has 0 saturated heterocycles. The molecular formula is C20H28N4. The van der Waals surface area contributed by atoms with Gasteiger partial charge in [0.05, 0.1) is 0 Å². The van der Waals surface area contributed by atoms with Crippen LogP contribution in [0.2, 0.25) is 0 Å². The molecule has 1 aromatic carbocycles. The molecule has 0 spiro atoms. The van der Waals surface area contributed by atoms with Gasteiger partial charge in [0.15, 0.2) is 0 Å². The molecule has 1 aromatic heterocycles. The van der Waals surface area contributed by atoms with E-state index in [1.807, 2.05) is 13.0 Å². The second-order valence-electron chi connectivity index (χ2n) is 7.38. The van der Waals surface area contributed by atoms with Crippen molar-refractivity contribution >= 4 is 17.5 Å². The van der Waals surface area contributed by atoms with Gasteiger partial charge in [-0.05, 0) is 42.7 Å². The van der Waals surface area contributed by atoms with Crippen LogP contribution >= 0.6 is 0 Å². The van der Waals surface area contributed by atoms with Gasteiger partial charge in [0.1, 0.15) is 5.82 Å². The van der Waals surface area contributed by atoms with Gasteiger partial charge < -0.3 is 10.6 Å². The standard InChI is InChI=1S/C20H28N4/c1-12(2)16-7-6-8-17(13(3)4)19(16)23-18-11-14(5)21-20(24-18)22-15-9-10-15/h6-8,11-13,15H,9-10H2,1-5H3,(H2,21,22,23,24). The molecule has 0 radical (unpaired) electrons. The Labute approximate surface area is 145 Å². The lowest BCUT2D eigenvalue weighted by molar-refractivity contribution is 0.837. The van der Waals surface area contributed by atoms with Crippen LogP contribution in [0.5, 0.6) is 0 Å². The summed E-state index contributed by atoms with van der Waals surface area (Å²) in [5.41, 5.74) is 4.82. The molecule has 1 saturated carbocycles. The molecule has 1 fully saturated rings. The van der Waals surface area contributed by atoms with Crippen LogP contribution in [0.1, 0.15) is 69.2 Å². The number of anilines is 3. The normalized spacial score (nSPS) is 14.3. The van der Waals surface area contributed by atoms with Gasteiger partial charge in [0, 0.05) is 23.5 Å². The summed E-state index contributed by atoms with van der Waals surface area (Å²) in [5, 5.41) is 6.98. The van der Waals surface area contributed by atoms with E-state index in [0.717, 1.165) is 17.5 Å². The Morgan fingerprint density at radius 2 is 1.62 bits per heavy atom. The number of para-hydroxylation sites is 1. The van der Waals surface area contributed by atoms with E-state index in [9.17, 15) is 0 Å². The molecule has 128 valence electrons. The molecule has 0 bridgehead atoms. The highest BCUT2D eigenvalue weighted by Crippen LogP contribution is 2.34. The maximum absolute atomic E-state index is 4.68. The van der Waals surface area contributed by atoms with Crippen molar-refractivity contribution in [2.75, 3.05) is 10.6 Å². The molecule has 1 aliphatic carbocycles. The SMILES string of the molecule is Cc1cc(Nc2c(C(C)C)cccc2C(C)C)nc(NC2CC2)n1. The summed E-state index contributed by atoms with van der Waals surface area (Å²) in [6.07, 6.45) is 2.43. The van der Waals surface area contributed by atoms with Crippen molar-refractivity contribution in [1.29, 1.82) is 0 Å². The summed E-state index contributed by atoms with van der Waals surface area (Å²) in [4.78, 5) is 9.19. The topological polar surface area (TPSA) is 49.8 Å². The van der Waals surface area contributed by atoms with E-state index in [4.69, 9.17) is 0 Å². The summed E-state index contributed by atoms with van der Waals surface area (Å²) >= 11 is 0. The Kier molecular flexibility index (Phi) is 4.74. The van der Waals surface area contributed by atoms with E-state index in [1.54, 1.807) is 0 Å². The van der Waals surface area contributed by atoms with Gasteiger partial charge in [0.2, 0.25) is 5.95 Å². The first-order chi connectivity index (χ1) is 11.4. The minimum atomic E-state index is 0.457. The summed E-state index contributed by atoms with van der Waals surface area (Å²) in [5.74, 6) is 2.50. The smallest absolute Gasteiger partial charge is 0.225 e. The van der Waals surface area contributed by atoms with Gasteiger partial charge in [-0.25, -0.2) is 4.98 Å². The second kappa shape index (κ2) is 6.80. The third-order valence-electron chi connectivity index (χ3n) is 4.39. The van der Waals surface area contributed by atoms with E-state index in [2.05, 4.69) is 66.5 Å². The van der Waals surface area contributed by atoms with Crippen molar-refractivity contribution in [3.05, 3.63) is 41.1 Å². The molecule has 3 rings (SSSR count). The van der Waals surface area contributed by atoms with Crippen LogP contribution in [0.25, 0.3) is 0 Å². The zero-order valence-corrected chi connectivity index (χ0v) is 15.4. The minimum absolute atomic E-state index is 0.457. The quantitative estimate of drug-likeness (QED) is 0.752. The third-order valence-corrected chi connectivity index (χ3v) is 4.39. The predicted octanol–water partition coefficient (Wildman–Crippen LogP) is 5.35. The predicted molar refractivity (Wildman–Crippen MR) is 101 cm³/mol. The number of nitrogens with one attached hydrogen (secondary N) is 2. The van der Waals surface area contributed by atoms with Crippen LogP contribution in [0.4, 0.5) is 17.5 Å². The lowest BCUT2D eigenvalue weighted by atomic mass is 9.92. The monoisotopic (exact) mass is 324 g/mol. The van der Waals surface area contributed by atoms with Crippen LogP contribution in [0.3, 0.4) is 0 Å². The van der Waals surface area contributed by atoms with E-state index in [1.165, 1.54) is 29.7 Å². The molecule has 0 amide bonds. The molecule has 4 nitrogen and oxygen atoms in total. The Morgan fingerprint density at radius 3 is 2.17 bits per heavy atom. The Balaban J connectivity index is 1.96. The van der Waals surface area contributed by atoms with E-state index in [0.29, 0.717) is 17.9 Å². The first kappa shape index (κ1) is 16.7. The number of benzene rings is 1. The number of aryl methyl sites for hydroxylation is 1. The molecule has 0 atom stereocenters. The van der Waals surface area contributed by atoms with Crippen LogP contribution < -0.4 is 10.6 Å². The van der Waals surface area contributed by atoms with Gasteiger partial charge in [-0.2, -0.15) is 4.98 Å². The van der Waals surface area contributed by atoms with Gasteiger partial charge in [-0.3, -0.25) is 0 Å². The average Bonchev–Trinajstić information content (AvgIpc) is 3.30. The first-order valence-corrected chi connectivity index (χ1v) is 8.96. The molecule has 0 unspecified atom stereocenters. The first-order valence-electron chi connectivity index (χ1n) is 8.96. The average molecular weight is 324 g/mol. The Bertz CT molecular complexity index is 691. The van der Waals surface area contributed by atoms with Crippen LogP contribution in [0.15, 0.2) is 24.3 Å². The number of nitrogens with zero attached hydrogens (tertiary/aromatic N) is 2. The van der Waals surface area contributed by atoms with Gasteiger partial charge >= 0.3 is 0 Å². The van der Waals surface area contributed by atoms with Crippen molar-refractivity contribution < 1.29 is 0 Å². The van der Waals surface area contributed by atoms with Crippen LogP contribution in [-0.2, 0) is 0 Å². The number of rotatable bonds is 6. The Hall–Kier alpha value is -2.10. The highest BCUT2D eigenvalue weighted by atomic mass is 15.2. The lowest BCUT2D eigenvalue weighted by Crippen LogP contribution is -2.09. The number of aromatic nitrogens is 2. The molecular weight excluding hydrogens is 296 g/mol. The fraction of sp³-hybridized carbons (Fsp3) is 0.500. The zero-order chi connectivity index (χ0) is 17.3. The lowest BCUT2D eigenvalue weighted by Gasteiger charge is -2.21. The summed E-state index contributed by atoms with van der Waals surface area (Å²) in [6.45, 7) is 10.9. The number of hydrogen-bond acceptors (Lipinski definition) is 4. The fourth-order valence-electron chi connectivity index (χ4n) is 2.93. The third kappa shape index (κ3) is 3.86. The van der Waals surface area contributed by atoms with Gasteiger partial charge in [-0.15, -0.1) is 0 Å². The van der Waals surface area contributed by atoms with Crippen molar-refractivity contribution in [2.24, 2.45) is 0 Å². The highest BCUT2D eigenvalue weighted by molar-refractivity contribution is 5.67. The molecule has 1 aliphatic rings. The molecule has 4 heteroatoms. The summed E-state index contributed by atoms with van der Waals surface area (Å²) < 4.78 is 0. The summed E-state index contributed by atoms with van der Waals surface area (Å²) in [6, 6.07) is 9.13. The molecule has 24 heavy (non-hydrogen) atoms.